The summed E-state index contributed by atoms with van der Waals surface area (Å²) in [5.41, 5.74) is 0. The molecule has 1 unspecified atom stereocenters. The molecule has 1 aromatic heterocycles. The van der Waals surface area contributed by atoms with Crippen LogP contribution >= 0.6 is 0 Å². The monoisotopic (exact) mass is 219 g/mol. The van der Waals surface area contributed by atoms with Crippen LogP contribution in [0.15, 0.2) is 25.0 Å². The summed E-state index contributed by atoms with van der Waals surface area (Å²) in [7, 11) is 0. The van der Waals surface area contributed by atoms with Crippen molar-refractivity contribution in [2.24, 2.45) is 5.92 Å². The fourth-order valence-corrected chi connectivity index (χ4v) is 2.05. The number of hydrogen-bond donors (Lipinski definition) is 0. The first-order valence-corrected chi connectivity index (χ1v) is 5.58. The van der Waals surface area contributed by atoms with E-state index in [4.69, 9.17) is 0 Å². The molecular formula is C12H17N3O. The van der Waals surface area contributed by atoms with Gasteiger partial charge in [0.2, 0.25) is 5.91 Å². The minimum absolute atomic E-state index is 0.239. The summed E-state index contributed by atoms with van der Waals surface area (Å²) in [6.45, 7) is 8.11. The molecule has 0 N–H and O–H groups in total. The van der Waals surface area contributed by atoms with Gasteiger partial charge in [-0.25, -0.2) is 4.98 Å². The molecule has 1 fully saturated rings. The molecule has 16 heavy (non-hydrogen) atoms. The summed E-state index contributed by atoms with van der Waals surface area (Å²) in [6.07, 6.45) is 6.22. The van der Waals surface area contributed by atoms with Crippen LogP contribution < -0.4 is 0 Å². The summed E-state index contributed by atoms with van der Waals surface area (Å²) in [5, 5.41) is 0. The second-order valence-corrected chi connectivity index (χ2v) is 4.21. The topological polar surface area (TPSA) is 38.1 Å². The first-order valence-electron chi connectivity index (χ1n) is 5.58. The summed E-state index contributed by atoms with van der Waals surface area (Å²) >= 11 is 0. The summed E-state index contributed by atoms with van der Waals surface area (Å²) in [4.78, 5) is 17.7. The van der Waals surface area contributed by atoms with Gasteiger partial charge >= 0.3 is 0 Å². The van der Waals surface area contributed by atoms with Crippen LogP contribution in [-0.4, -0.2) is 33.4 Å². The van der Waals surface area contributed by atoms with Crippen molar-refractivity contribution in [1.82, 2.24) is 14.5 Å². The lowest BCUT2D eigenvalue weighted by molar-refractivity contribution is -0.127. The van der Waals surface area contributed by atoms with Gasteiger partial charge in [-0.05, 0) is 6.92 Å². The highest BCUT2D eigenvalue weighted by Crippen LogP contribution is 2.18. The normalized spacial score (nSPS) is 20.4. The number of rotatable bonds is 4. The smallest absolute Gasteiger partial charge is 0.223 e. The molecule has 0 bridgehead atoms. The number of amides is 1. The number of nitrogens with zero attached hydrogens (tertiary/aromatic N) is 3. The zero-order valence-corrected chi connectivity index (χ0v) is 9.59. The Kier molecular flexibility index (Phi) is 3.08. The van der Waals surface area contributed by atoms with Crippen LogP contribution in [0.4, 0.5) is 0 Å². The predicted molar refractivity (Wildman–Crippen MR) is 61.8 cm³/mol. The lowest BCUT2D eigenvalue weighted by Gasteiger charge is -2.16. The van der Waals surface area contributed by atoms with E-state index < -0.39 is 0 Å². The number of carbonyl (C=O) groups excluding carboxylic acids is 1. The number of hydrogen-bond acceptors (Lipinski definition) is 2. The standard InChI is InChI=1S/C12H17N3O/c1-3-11-8-12(16)15(9-11)7-6-14-5-4-13-10(14)2/h3-5,11H,1,6-9H2,2H3. The maximum absolute atomic E-state index is 11.6. The largest absolute Gasteiger partial charge is 0.340 e. The molecule has 0 aliphatic carbocycles. The zero-order valence-electron chi connectivity index (χ0n) is 9.59. The molecular weight excluding hydrogens is 202 g/mol. The number of likely N-dealkylation sites (tertiary alicyclic amines) is 1. The second-order valence-electron chi connectivity index (χ2n) is 4.21. The molecule has 1 aliphatic heterocycles. The SMILES string of the molecule is C=CC1CC(=O)N(CCn2ccnc2C)C1. The number of imidazole rings is 1. The molecule has 1 amide bonds. The van der Waals surface area contributed by atoms with Crippen LogP contribution in [0.5, 0.6) is 0 Å². The van der Waals surface area contributed by atoms with Crippen molar-refractivity contribution in [3.8, 4) is 0 Å². The van der Waals surface area contributed by atoms with E-state index in [9.17, 15) is 4.79 Å². The minimum atomic E-state index is 0.239. The quantitative estimate of drug-likeness (QED) is 0.714. The Labute approximate surface area is 95.6 Å². The third kappa shape index (κ3) is 2.15. The highest BCUT2D eigenvalue weighted by Gasteiger charge is 2.26. The van der Waals surface area contributed by atoms with E-state index >= 15 is 0 Å². The fraction of sp³-hybridized carbons (Fsp3) is 0.500. The molecule has 1 aliphatic rings. The molecule has 0 radical (unpaired) electrons. The highest BCUT2D eigenvalue weighted by atomic mass is 16.2. The third-order valence-electron chi connectivity index (χ3n) is 3.11. The van der Waals surface area contributed by atoms with Crippen molar-refractivity contribution in [1.29, 1.82) is 0 Å². The first-order chi connectivity index (χ1) is 7.70. The van der Waals surface area contributed by atoms with Crippen LogP contribution in [0.2, 0.25) is 0 Å². The van der Waals surface area contributed by atoms with Gasteiger partial charge in [0.25, 0.3) is 0 Å². The second kappa shape index (κ2) is 4.51. The van der Waals surface area contributed by atoms with Crippen molar-refractivity contribution >= 4 is 5.91 Å². The molecule has 0 saturated carbocycles. The van der Waals surface area contributed by atoms with Gasteiger partial charge in [0.05, 0.1) is 0 Å². The van der Waals surface area contributed by atoms with E-state index in [0.29, 0.717) is 12.3 Å². The highest BCUT2D eigenvalue weighted by molar-refractivity contribution is 5.78. The molecule has 0 spiro atoms. The van der Waals surface area contributed by atoms with E-state index in [1.807, 2.05) is 24.1 Å². The molecule has 2 heterocycles. The molecule has 0 aromatic carbocycles. The Morgan fingerprint density at radius 1 is 1.62 bits per heavy atom. The molecule has 1 atom stereocenters. The maximum atomic E-state index is 11.6. The van der Waals surface area contributed by atoms with Gasteiger partial charge in [0.15, 0.2) is 0 Å². The van der Waals surface area contributed by atoms with Gasteiger partial charge < -0.3 is 9.47 Å². The van der Waals surface area contributed by atoms with Crippen molar-refractivity contribution in [2.75, 3.05) is 13.1 Å². The minimum Gasteiger partial charge on any atom is -0.340 e. The van der Waals surface area contributed by atoms with Gasteiger partial charge in [-0.2, -0.15) is 0 Å². The fourth-order valence-electron chi connectivity index (χ4n) is 2.05. The van der Waals surface area contributed by atoms with Crippen LogP contribution in [-0.2, 0) is 11.3 Å². The van der Waals surface area contributed by atoms with Gasteiger partial charge in [0.1, 0.15) is 5.82 Å². The predicted octanol–water partition coefficient (Wildman–Crippen LogP) is 1.23. The first kappa shape index (κ1) is 10.9. The van der Waals surface area contributed by atoms with E-state index in [2.05, 4.69) is 16.1 Å². The van der Waals surface area contributed by atoms with E-state index in [1.165, 1.54) is 0 Å². The Bertz CT molecular complexity index is 397. The molecule has 4 nitrogen and oxygen atoms in total. The van der Waals surface area contributed by atoms with Gasteiger partial charge in [-0.15, -0.1) is 6.58 Å². The van der Waals surface area contributed by atoms with Crippen LogP contribution in [0.25, 0.3) is 0 Å². The van der Waals surface area contributed by atoms with Crippen LogP contribution in [0.3, 0.4) is 0 Å². The van der Waals surface area contributed by atoms with E-state index in [0.717, 1.165) is 25.5 Å². The van der Waals surface area contributed by atoms with Crippen molar-refractivity contribution in [2.45, 2.75) is 19.9 Å². The van der Waals surface area contributed by atoms with Crippen molar-refractivity contribution in [3.05, 3.63) is 30.9 Å². The molecule has 2 rings (SSSR count). The molecule has 86 valence electrons. The lowest BCUT2D eigenvalue weighted by Crippen LogP contribution is -2.29. The Hall–Kier alpha value is -1.58. The molecule has 1 aromatic rings. The maximum Gasteiger partial charge on any atom is 0.223 e. The lowest BCUT2D eigenvalue weighted by atomic mass is 10.1. The van der Waals surface area contributed by atoms with E-state index in [1.54, 1.807) is 6.20 Å². The average molecular weight is 219 g/mol. The number of aromatic nitrogens is 2. The Morgan fingerprint density at radius 2 is 2.44 bits per heavy atom. The van der Waals surface area contributed by atoms with E-state index in [-0.39, 0.29) is 5.91 Å². The average Bonchev–Trinajstić information content (AvgIpc) is 2.82. The molecule has 1 saturated heterocycles. The summed E-state index contributed by atoms with van der Waals surface area (Å²) in [6, 6.07) is 0. The number of aryl methyl sites for hydroxylation is 1. The van der Waals surface area contributed by atoms with Crippen LogP contribution in [0, 0.1) is 12.8 Å². The Morgan fingerprint density at radius 3 is 3.00 bits per heavy atom. The summed E-state index contributed by atoms with van der Waals surface area (Å²) in [5.74, 6) is 1.56. The molecule has 4 heteroatoms. The van der Waals surface area contributed by atoms with Gasteiger partial charge in [-0.3, -0.25) is 4.79 Å². The third-order valence-corrected chi connectivity index (χ3v) is 3.11. The van der Waals surface area contributed by atoms with Gasteiger partial charge in [0, 0.05) is 44.4 Å². The summed E-state index contributed by atoms with van der Waals surface area (Å²) < 4.78 is 2.06. The van der Waals surface area contributed by atoms with Gasteiger partial charge in [-0.1, -0.05) is 6.08 Å². The zero-order chi connectivity index (χ0) is 11.5. The Balaban J connectivity index is 1.89. The van der Waals surface area contributed by atoms with Crippen molar-refractivity contribution in [3.63, 3.8) is 0 Å². The van der Waals surface area contributed by atoms with Crippen LogP contribution in [0.1, 0.15) is 12.2 Å². The van der Waals surface area contributed by atoms with Crippen molar-refractivity contribution < 1.29 is 4.79 Å². The number of carbonyl (C=O) groups is 1.